The quantitative estimate of drug-likeness (QED) is 0.0234. The second-order valence-corrected chi connectivity index (χ2v) is 39.1. The second kappa shape index (κ2) is 57.3. The lowest BCUT2D eigenvalue weighted by atomic mass is 9.84. The number of ether oxygens (including phenoxy) is 2. The van der Waals surface area contributed by atoms with E-state index in [9.17, 15) is 78.3 Å². The number of aliphatic hydroxyl groups is 2. The molecule has 0 radical (unpaired) electrons. The van der Waals surface area contributed by atoms with Crippen molar-refractivity contribution in [2.24, 2.45) is 29.0 Å². The number of aryl methyl sites for hydroxylation is 1. The Bertz CT molecular complexity index is 5670. The summed E-state index contributed by atoms with van der Waals surface area (Å²) in [6, 6.07) is 11.3. The molecule has 3 aliphatic rings. The molecule has 16 amide bonds. The second-order valence-electron chi connectivity index (χ2n) is 38.0. The highest BCUT2D eigenvalue weighted by Crippen LogP contribution is 2.30. The molecule has 3 heterocycles. The number of pyridine rings is 1. The topological polar surface area (TPSA) is 698 Å². The molecule has 9 rings (SSSR count). The summed E-state index contributed by atoms with van der Waals surface area (Å²) in [5.41, 5.74) is 19.2. The average molecular weight is 2090 g/mol. The van der Waals surface area contributed by atoms with Crippen molar-refractivity contribution in [3.63, 3.8) is 0 Å². The SMILES string of the molecule is Cc1cccc(C[C@@H]2NC(=O)[C@H](CC(=O)O)NC(=O)[C@H](Cc3ccc(OCC(=O)O)cc3)NC(=O)[C@H](Cc3ccncc3)NC(=O)CSC[C@@H](C(=O)N[C@@H](CCN)C(N)=O)NC(=O)[C@H](CO)NC(=O)[C@H](C(C)(C)O)NC(=O)[C@H](CC3CCCCC3)NC(=O)[C@H](CCN)NC(=O)[C@H]3CCCN3C(=O)[C@H](C)N(C)C(=O)[C@H](C(C)C)NC(=O)[C@H](Cc3ccc(-c4ccccc4)cc3)NC(=O)[C@H](Cc3ccc(OCC(=O)O)cc3)NC2=O)c1. The van der Waals surface area contributed by atoms with Crippen molar-refractivity contribution in [3.05, 3.63) is 185 Å². The molecule has 6 aromatic rings. The van der Waals surface area contributed by atoms with Gasteiger partial charge in [0.2, 0.25) is 94.5 Å². The van der Waals surface area contributed by atoms with Gasteiger partial charge in [-0.25, -0.2) is 9.59 Å². The molecule has 1 aliphatic carbocycles. The van der Waals surface area contributed by atoms with Gasteiger partial charge in [0, 0.05) is 63.8 Å². The van der Waals surface area contributed by atoms with Crippen LogP contribution in [0.15, 0.2) is 152 Å². The molecule has 24 N–H and O–H groups in total. The van der Waals surface area contributed by atoms with Gasteiger partial charge in [-0.3, -0.25) is 86.5 Å². The van der Waals surface area contributed by atoms with E-state index in [1.807, 2.05) is 30.3 Å². The number of carbonyl (C=O) groups excluding carboxylic acids is 16. The number of hydrogen-bond acceptors (Lipinski definition) is 27. The van der Waals surface area contributed by atoms with Gasteiger partial charge < -0.3 is 131 Å². The molecular formula is C103H135N19O26S. The lowest BCUT2D eigenvalue weighted by Gasteiger charge is -2.35. The van der Waals surface area contributed by atoms with Crippen LogP contribution in [0.5, 0.6) is 11.5 Å². The lowest BCUT2D eigenvalue weighted by Crippen LogP contribution is -2.64. The normalized spacial score (nSPS) is 23.3. The minimum atomic E-state index is -2.24. The third kappa shape index (κ3) is 36.8. The number of thioether (sulfide) groups is 1. The molecule has 3 fully saturated rings. The molecule has 149 heavy (non-hydrogen) atoms. The number of amides is 16. The van der Waals surface area contributed by atoms with Crippen LogP contribution in [0.25, 0.3) is 11.1 Å². The van der Waals surface area contributed by atoms with Crippen LogP contribution in [0, 0.1) is 18.8 Å². The molecule has 2 aliphatic heterocycles. The smallest absolute Gasteiger partial charge is 0.341 e. The zero-order valence-electron chi connectivity index (χ0n) is 84.0. The number of aliphatic carboxylic acids is 3. The highest BCUT2D eigenvalue weighted by atomic mass is 32.2. The van der Waals surface area contributed by atoms with Gasteiger partial charge in [-0.1, -0.05) is 155 Å². The van der Waals surface area contributed by atoms with E-state index in [4.69, 9.17) is 26.7 Å². The molecule has 0 bridgehead atoms. The van der Waals surface area contributed by atoms with Crippen LogP contribution in [-0.4, -0.2) is 307 Å². The van der Waals surface area contributed by atoms with Gasteiger partial charge in [-0.15, -0.1) is 11.8 Å². The summed E-state index contributed by atoms with van der Waals surface area (Å²) in [7, 11) is 1.30. The maximum Gasteiger partial charge on any atom is 0.341 e. The summed E-state index contributed by atoms with van der Waals surface area (Å²) in [5, 5.41) is 85.7. The Morgan fingerprint density at radius 2 is 0.960 bits per heavy atom. The number of primary amides is 1. The van der Waals surface area contributed by atoms with E-state index in [1.165, 1.54) is 91.9 Å². The predicted octanol–water partition coefficient (Wildman–Crippen LogP) is -1.57. The first kappa shape index (κ1) is 118. The van der Waals surface area contributed by atoms with Crippen LogP contribution in [0.3, 0.4) is 0 Å². The first-order valence-corrected chi connectivity index (χ1v) is 50.3. The number of rotatable bonds is 31. The zero-order chi connectivity index (χ0) is 109. The van der Waals surface area contributed by atoms with Crippen LogP contribution in [0.4, 0.5) is 0 Å². The number of aliphatic hydroxyl groups excluding tert-OH is 1. The van der Waals surface area contributed by atoms with Gasteiger partial charge in [0.25, 0.3) is 0 Å². The van der Waals surface area contributed by atoms with Crippen molar-refractivity contribution < 1.29 is 126 Å². The predicted molar refractivity (Wildman–Crippen MR) is 543 cm³/mol. The van der Waals surface area contributed by atoms with Crippen molar-refractivity contribution >= 4 is 124 Å². The molecule has 2 saturated heterocycles. The van der Waals surface area contributed by atoms with E-state index in [0.29, 0.717) is 46.9 Å². The largest absolute Gasteiger partial charge is 0.482 e. The third-order valence-corrected chi connectivity index (χ3v) is 26.6. The number of hydrogen-bond donors (Lipinski definition) is 21. The fourth-order valence-electron chi connectivity index (χ4n) is 17.3. The highest BCUT2D eigenvalue weighted by molar-refractivity contribution is 8.00. The fourth-order valence-corrected chi connectivity index (χ4v) is 18.2. The van der Waals surface area contributed by atoms with Gasteiger partial charge in [0.1, 0.15) is 102 Å². The zero-order valence-corrected chi connectivity index (χ0v) is 84.8. The molecule has 15 atom stereocenters. The van der Waals surface area contributed by atoms with Crippen molar-refractivity contribution in [2.75, 3.05) is 58.0 Å². The van der Waals surface area contributed by atoms with E-state index in [0.717, 1.165) is 49.1 Å². The first-order valence-electron chi connectivity index (χ1n) is 49.2. The summed E-state index contributed by atoms with van der Waals surface area (Å²) >= 11 is 0.642. The maximum absolute atomic E-state index is 15.8. The Morgan fingerprint density at radius 1 is 0.497 bits per heavy atom. The number of benzene rings is 5. The Hall–Kier alpha value is -15.0. The molecule has 45 nitrogen and oxygen atoms in total. The van der Waals surface area contributed by atoms with Crippen molar-refractivity contribution in [3.8, 4) is 22.6 Å². The number of nitrogens with zero attached hydrogens (tertiary/aromatic N) is 3. The third-order valence-electron chi connectivity index (χ3n) is 25.6. The van der Waals surface area contributed by atoms with Crippen LogP contribution >= 0.6 is 11.8 Å². The van der Waals surface area contributed by atoms with Crippen LogP contribution in [-0.2, 0) is 123 Å². The molecule has 1 saturated carbocycles. The summed E-state index contributed by atoms with van der Waals surface area (Å²) in [6.45, 7) is 5.38. The van der Waals surface area contributed by atoms with Crippen molar-refractivity contribution in [2.45, 2.75) is 241 Å². The van der Waals surface area contributed by atoms with Gasteiger partial charge >= 0.3 is 17.9 Å². The van der Waals surface area contributed by atoms with Crippen molar-refractivity contribution in [1.82, 2.24) is 83.9 Å². The number of nitrogens with one attached hydrogen (secondary N) is 13. The van der Waals surface area contributed by atoms with Crippen LogP contribution < -0.4 is 95.8 Å². The van der Waals surface area contributed by atoms with E-state index in [2.05, 4.69) is 74.1 Å². The molecular weight excluding hydrogens is 1950 g/mol. The van der Waals surface area contributed by atoms with E-state index >= 15 is 38.4 Å². The average Bonchev–Trinajstić information content (AvgIpc) is 1.74. The summed E-state index contributed by atoms with van der Waals surface area (Å²) < 4.78 is 10.8. The standard InChI is InChI=1S/C103H135N19O26S/c1-57(2)86-102(145)121(7)59(4)101(144)122-43-15-22-81(122)99(142)110-71(36-40-105)89(132)111-76(45-60-17-10-8-11-18-60)96(139)120-87(103(5,6)146)100(143)117-79(52-123)97(140)118-80(98(141)109-70(35-39-104)88(106)131)55-149-56-82(124)108-72(49-64-37-41-107-42-38-64)90(133)112-74(48-63-27-33-69(34-28-63)148-54-85(129)130)92(135)116-78(51-83(125)126)94(137)115-77(50-65-19-14-16-58(3)44-65)93(136)113-73(47-62-25-31-68(32-26-62)147-53-84(127)128)91(134)114-75(95(138)119-86)46-61-23-29-67(30-24-61)66-20-12-9-13-21-66/h9,12-14,16,19-21,23-34,37-38,41-42,44,57,59-60,70-81,86-87,123,146H,8,10-11,15,17-18,22,35-36,39-40,43,45-56,104-105H2,1-7H3,(H2,106,131)(H,108,124)(H,109,141)(H,110,142)(H,111,132)(H,112,133)(H,113,136)(H,114,134)(H,115,137)(H,116,135)(H,117,143)(H,118,140)(H,119,138)(H,120,139)(H,125,126)(H,127,128)(H,129,130)/t59-,70-,71-,72-,73-,74-,75-,76-,77-,78-,79-,80-,81+,86-,87+/m0/s1. The minimum absolute atomic E-state index is 0.0240. The molecule has 804 valence electrons. The molecule has 5 aromatic carbocycles. The Labute approximate surface area is 865 Å². The number of carboxylic acids is 3. The number of carbonyl (C=O) groups is 19. The van der Waals surface area contributed by atoms with Crippen LogP contribution in [0.1, 0.15) is 139 Å². The fraction of sp³-hybridized carbons (Fsp3) is 0.476. The number of nitrogens with two attached hydrogens (primary N) is 3. The van der Waals surface area contributed by atoms with E-state index in [-0.39, 0.29) is 93.1 Å². The Balaban J connectivity index is 1.14. The molecule has 46 heteroatoms. The van der Waals surface area contributed by atoms with Gasteiger partial charge in [-0.05, 0) is 160 Å². The van der Waals surface area contributed by atoms with Gasteiger partial charge in [-0.2, -0.15) is 0 Å². The summed E-state index contributed by atoms with van der Waals surface area (Å²) in [5.74, 6) is -23.5. The van der Waals surface area contributed by atoms with Gasteiger partial charge in [0.05, 0.1) is 24.4 Å². The van der Waals surface area contributed by atoms with E-state index in [1.54, 1.807) is 69.3 Å². The minimum Gasteiger partial charge on any atom is -0.482 e. The number of aromatic nitrogens is 1. The Morgan fingerprint density at radius 3 is 1.46 bits per heavy atom. The van der Waals surface area contributed by atoms with Crippen LogP contribution in [0.2, 0.25) is 0 Å². The molecule has 0 unspecified atom stereocenters. The lowest BCUT2D eigenvalue weighted by molar-refractivity contribution is -0.148. The van der Waals surface area contributed by atoms with E-state index < -0.39 is 272 Å². The number of carboxylic acid groups (broad SMARTS) is 3. The number of likely N-dealkylation sites (N-methyl/N-ethyl adjacent to an activating group) is 1. The Kier molecular flexibility index (Phi) is 45.2. The first-order chi connectivity index (χ1) is 70.9. The summed E-state index contributed by atoms with van der Waals surface area (Å²) in [6.07, 6.45) is 2.74. The maximum atomic E-state index is 15.8. The monoisotopic (exact) mass is 2090 g/mol. The summed E-state index contributed by atoms with van der Waals surface area (Å²) in [4.78, 5) is 282. The number of fused-ring (bicyclic) bond motifs is 1. The molecule has 0 spiro atoms. The highest BCUT2D eigenvalue weighted by Gasteiger charge is 2.45. The van der Waals surface area contributed by atoms with Gasteiger partial charge in [0.15, 0.2) is 13.2 Å². The van der Waals surface area contributed by atoms with Crippen molar-refractivity contribution in [1.29, 1.82) is 0 Å². The molecule has 1 aromatic heterocycles.